The molecule has 0 saturated heterocycles. The molecule has 1 rings (SSSR count). The van der Waals surface area contributed by atoms with Gasteiger partial charge in [0.05, 0.1) is 0 Å². The summed E-state index contributed by atoms with van der Waals surface area (Å²) in [5.74, 6) is 0. The summed E-state index contributed by atoms with van der Waals surface area (Å²) >= 11 is 1.94. The molecule has 0 aromatic rings. The molecule has 1 aliphatic rings. The second-order valence-corrected chi connectivity index (χ2v) is 4.88. The van der Waals surface area contributed by atoms with Crippen LogP contribution in [0.25, 0.3) is 0 Å². The molecule has 0 spiro atoms. The lowest BCUT2D eigenvalue weighted by Crippen LogP contribution is -2.37. The predicted molar refractivity (Wildman–Crippen MR) is 62.0 cm³/mol. The molecule has 0 aromatic heterocycles. The fraction of sp³-hybridized carbons (Fsp3) is 1.00. The van der Waals surface area contributed by atoms with E-state index in [9.17, 15) is 0 Å². The molecule has 1 unspecified atom stereocenters. The Morgan fingerprint density at radius 2 is 1.92 bits per heavy atom. The summed E-state index contributed by atoms with van der Waals surface area (Å²) in [4.78, 5) is 0. The molecule has 1 saturated carbocycles. The molecular formula is C11H23NS. The van der Waals surface area contributed by atoms with E-state index in [2.05, 4.69) is 24.4 Å². The highest BCUT2D eigenvalue weighted by atomic mass is 32.2. The van der Waals surface area contributed by atoms with E-state index in [1.807, 2.05) is 11.9 Å². The second-order valence-electron chi connectivity index (χ2n) is 4.09. The first-order chi connectivity index (χ1) is 6.29. The molecule has 1 fully saturated rings. The fourth-order valence-corrected chi connectivity index (χ4v) is 3.22. The lowest BCUT2D eigenvalue weighted by Gasteiger charge is -2.36. The Bertz CT molecular complexity index is 132. The van der Waals surface area contributed by atoms with Gasteiger partial charge < -0.3 is 0 Å². The average molecular weight is 201 g/mol. The molecule has 0 radical (unpaired) electrons. The van der Waals surface area contributed by atoms with E-state index < -0.39 is 0 Å². The normalized spacial score (nSPS) is 22.2. The quantitative estimate of drug-likeness (QED) is 0.638. The lowest BCUT2D eigenvalue weighted by molar-refractivity contribution is 0.226. The third-order valence-corrected chi connectivity index (χ3v) is 4.25. The first-order valence-electron chi connectivity index (χ1n) is 5.62. The van der Waals surface area contributed by atoms with Gasteiger partial charge in [0.1, 0.15) is 0 Å². The summed E-state index contributed by atoms with van der Waals surface area (Å²) in [6.45, 7) is 4.64. The summed E-state index contributed by atoms with van der Waals surface area (Å²) in [7, 11) is 0. The lowest BCUT2D eigenvalue weighted by atomic mass is 9.95. The van der Waals surface area contributed by atoms with Crippen LogP contribution in [-0.2, 0) is 0 Å². The SMILES string of the molecule is CCC(C)N(SC)C1CCCCC1. The Kier molecular flexibility index (Phi) is 5.18. The fourth-order valence-electron chi connectivity index (χ4n) is 2.20. The topological polar surface area (TPSA) is 3.24 Å². The molecule has 2 heteroatoms. The van der Waals surface area contributed by atoms with Crippen molar-refractivity contribution in [3.63, 3.8) is 0 Å². The van der Waals surface area contributed by atoms with Gasteiger partial charge in [-0.3, -0.25) is 0 Å². The minimum absolute atomic E-state index is 0.748. The Balaban J connectivity index is 2.43. The maximum atomic E-state index is 2.62. The number of hydrogen-bond acceptors (Lipinski definition) is 2. The molecule has 1 nitrogen and oxygen atoms in total. The largest absolute Gasteiger partial charge is 0.245 e. The van der Waals surface area contributed by atoms with Gasteiger partial charge in [-0.15, -0.1) is 0 Å². The highest BCUT2D eigenvalue weighted by Gasteiger charge is 2.23. The van der Waals surface area contributed by atoms with Gasteiger partial charge in [-0.2, -0.15) is 0 Å². The van der Waals surface area contributed by atoms with E-state index in [-0.39, 0.29) is 0 Å². The van der Waals surface area contributed by atoms with Crippen LogP contribution in [0.2, 0.25) is 0 Å². The first-order valence-corrected chi connectivity index (χ1v) is 6.80. The summed E-state index contributed by atoms with van der Waals surface area (Å²) in [5.41, 5.74) is 0. The van der Waals surface area contributed by atoms with Crippen LogP contribution in [0.3, 0.4) is 0 Å². The van der Waals surface area contributed by atoms with Gasteiger partial charge in [-0.25, -0.2) is 4.31 Å². The van der Waals surface area contributed by atoms with Crippen LogP contribution < -0.4 is 0 Å². The number of rotatable bonds is 4. The van der Waals surface area contributed by atoms with Crippen LogP contribution >= 0.6 is 11.9 Å². The van der Waals surface area contributed by atoms with Crippen LogP contribution in [0.15, 0.2) is 0 Å². The van der Waals surface area contributed by atoms with E-state index in [0.29, 0.717) is 0 Å². The predicted octanol–water partition coefficient (Wildman–Crippen LogP) is 3.70. The molecule has 0 aromatic carbocycles. The van der Waals surface area contributed by atoms with Crippen molar-refractivity contribution in [1.82, 2.24) is 4.31 Å². The van der Waals surface area contributed by atoms with Crippen molar-refractivity contribution in [2.45, 2.75) is 64.5 Å². The van der Waals surface area contributed by atoms with Gasteiger partial charge in [-0.1, -0.05) is 38.1 Å². The third kappa shape index (κ3) is 3.17. The van der Waals surface area contributed by atoms with Gasteiger partial charge in [0, 0.05) is 12.1 Å². The highest BCUT2D eigenvalue weighted by Crippen LogP contribution is 2.28. The van der Waals surface area contributed by atoms with Gasteiger partial charge in [0.2, 0.25) is 0 Å². The van der Waals surface area contributed by atoms with Crippen molar-refractivity contribution in [3.05, 3.63) is 0 Å². The maximum Gasteiger partial charge on any atom is 0.0205 e. The molecule has 0 aliphatic heterocycles. The summed E-state index contributed by atoms with van der Waals surface area (Å²) < 4.78 is 2.62. The molecule has 0 N–H and O–H groups in total. The van der Waals surface area contributed by atoms with Crippen molar-refractivity contribution < 1.29 is 0 Å². The Morgan fingerprint density at radius 1 is 1.31 bits per heavy atom. The van der Waals surface area contributed by atoms with E-state index >= 15 is 0 Å². The van der Waals surface area contributed by atoms with Crippen molar-refractivity contribution >= 4 is 11.9 Å². The van der Waals surface area contributed by atoms with Crippen molar-refractivity contribution in [3.8, 4) is 0 Å². The molecule has 13 heavy (non-hydrogen) atoms. The van der Waals surface area contributed by atoms with Gasteiger partial charge in [0.15, 0.2) is 0 Å². The zero-order valence-electron chi connectivity index (χ0n) is 9.25. The first kappa shape index (κ1) is 11.4. The van der Waals surface area contributed by atoms with Crippen LogP contribution in [-0.4, -0.2) is 22.6 Å². The molecule has 0 amide bonds. The van der Waals surface area contributed by atoms with Crippen molar-refractivity contribution in [2.75, 3.05) is 6.26 Å². The monoisotopic (exact) mass is 201 g/mol. The zero-order valence-corrected chi connectivity index (χ0v) is 10.1. The van der Waals surface area contributed by atoms with Gasteiger partial charge in [0.25, 0.3) is 0 Å². The van der Waals surface area contributed by atoms with E-state index in [1.54, 1.807) is 0 Å². The molecule has 0 bridgehead atoms. The average Bonchev–Trinajstić information content (AvgIpc) is 2.20. The second kappa shape index (κ2) is 5.92. The maximum absolute atomic E-state index is 2.62. The summed E-state index contributed by atoms with van der Waals surface area (Å²) in [5, 5.41) is 0. The Morgan fingerprint density at radius 3 is 2.38 bits per heavy atom. The molecule has 1 aliphatic carbocycles. The molecular weight excluding hydrogens is 178 g/mol. The zero-order chi connectivity index (χ0) is 9.68. The standard InChI is InChI=1S/C11H23NS/c1-4-10(2)12(13-3)11-8-6-5-7-9-11/h10-11H,4-9H2,1-3H3. The minimum atomic E-state index is 0.748. The number of nitrogens with zero attached hydrogens (tertiary/aromatic N) is 1. The van der Waals surface area contributed by atoms with Crippen LogP contribution in [0.5, 0.6) is 0 Å². The highest BCUT2D eigenvalue weighted by molar-refractivity contribution is 7.96. The summed E-state index contributed by atoms with van der Waals surface area (Å²) in [6.07, 6.45) is 10.7. The van der Waals surface area contributed by atoms with E-state index in [0.717, 1.165) is 12.1 Å². The van der Waals surface area contributed by atoms with E-state index in [4.69, 9.17) is 0 Å². The Labute approximate surface area is 87.4 Å². The van der Waals surface area contributed by atoms with Gasteiger partial charge >= 0.3 is 0 Å². The van der Waals surface area contributed by atoms with Crippen molar-refractivity contribution in [1.29, 1.82) is 0 Å². The third-order valence-electron chi connectivity index (χ3n) is 3.17. The van der Waals surface area contributed by atoms with Gasteiger partial charge in [-0.05, 0) is 32.4 Å². The molecule has 1 atom stereocenters. The van der Waals surface area contributed by atoms with Crippen LogP contribution in [0, 0.1) is 0 Å². The van der Waals surface area contributed by atoms with E-state index in [1.165, 1.54) is 38.5 Å². The summed E-state index contributed by atoms with van der Waals surface area (Å²) in [6, 6.07) is 1.61. The Hall–Kier alpha value is 0.310. The van der Waals surface area contributed by atoms with Crippen LogP contribution in [0.4, 0.5) is 0 Å². The smallest absolute Gasteiger partial charge is 0.0205 e. The molecule has 0 heterocycles. The molecule has 78 valence electrons. The van der Waals surface area contributed by atoms with Crippen molar-refractivity contribution in [2.24, 2.45) is 0 Å². The van der Waals surface area contributed by atoms with Crippen LogP contribution in [0.1, 0.15) is 52.4 Å². The minimum Gasteiger partial charge on any atom is -0.245 e. The number of hydrogen-bond donors (Lipinski definition) is 0.